The maximum Gasteiger partial charge on any atom is 0.257 e. The zero-order chi connectivity index (χ0) is 14.3. The Morgan fingerprint density at radius 1 is 1.26 bits per heavy atom. The number of hydrogen-bond donors (Lipinski definition) is 0. The molecule has 1 aromatic rings. The van der Waals surface area contributed by atoms with E-state index in [1.165, 1.54) is 19.1 Å². The summed E-state index contributed by atoms with van der Waals surface area (Å²) >= 11 is 0. The van der Waals surface area contributed by atoms with E-state index >= 15 is 0 Å². The van der Waals surface area contributed by atoms with E-state index in [9.17, 15) is 13.6 Å². The summed E-state index contributed by atoms with van der Waals surface area (Å²) in [6, 6.07) is 1.15. The van der Waals surface area contributed by atoms with Crippen LogP contribution in [0, 0.1) is 11.8 Å². The minimum Gasteiger partial charge on any atom is -0.383 e. The predicted octanol–water partition coefficient (Wildman–Crippen LogP) is 1.09. The van der Waals surface area contributed by atoms with Crippen molar-refractivity contribution in [1.29, 1.82) is 0 Å². The first-order valence-electron chi connectivity index (χ1n) is 5.69. The van der Waals surface area contributed by atoms with E-state index in [2.05, 4.69) is 4.98 Å². The van der Waals surface area contributed by atoms with E-state index in [1.54, 1.807) is 0 Å². The molecule has 19 heavy (non-hydrogen) atoms. The molecule has 0 aliphatic rings. The number of methoxy groups -OCH3 is 2. The standard InChI is InChI=1S/C12H16F2N2O3/c1-18-7-5-16(6-8-19-2)12(17)9-3-4-15-11(14)10(9)13/h3-4H,5-8H2,1-2H3. The summed E-state index contributed by atoms with van der Waals surface area (Å²) in [5.74, 6) is -3.15. The molecule has 0 unspecified atom stereocenters. The Hall–Kier alpha value is -1.60. The van der Waals surface area contributed by atoms with Crippen molar-refractivity contribution in [3.63, 3.8) is 0 Å². The number of ether oxygens (including phenoxy) is 2. The van der Waals surface area contributed by atoms with Gasteiger partial charge in [-0.25, -0.2) is 9.37 Å². The molecule has 0 bridgehead atoms. The highest BCUT2D eigenvalue weighted by molar-refractivity contribution is 5.94. The van der Waals surface area contributed by atoms with Crippen LogP contribution in [0.3, 0.4) is 0 Å². The Bertz CT molecular complexity index is 421. The quantitative estimate of drug-likeness (QED) is 0.699. The molecule has 0 saturated heterocycles. The van der Waals surface area contributed by atoms with Gasteiger partial charge >= 0.3 is 0 Å². The molecule has 0 radical (unpaired) electrons. The third-order valence-corrected chi connectivity index (χ3v) is 2.49. The lowest BCUT2D eigenvalue weighted by Gasteiger charge is -2.22. The van der Waals surface area contributed by atoms with Crippen molar-refractivity contribution < 1.29 is 23.0 Å². The molecule has 1 rings (SSSR count). The third kappa shape index (κ3) is 4.22. The van der Waals surface area contributed by atoms with Gasteiger partial charge in [-0.2, -0.15) is 4.39 Å². The van der Waals surface area contributed by atoms with Gasteiger partial charge in [0.2, 0.25) is 5.95 Å². The number of rotatable bonds is 7. The molecule has 0 aliphatic carbocycles. The summed E-state index contributed by atoms with van der Waals surface area (Å²) in [5.41, 5.74) is -0.347. The van der Waals surface area contributed by atoms with Crippen LogP contribution in [0.25, 0.3) is 0 Å². The Labute approximate surface area is 110 Å². The molecule has 7 heteroatoms. The van der Waals surface area contributed by atoms with Crippen LogP contribution in [0.2, 0.25) is 0 Å². The molecule has 5 nitrogen and oxygen atoms in total. The lowest BCUT2D eigenvalue weighted by molar-refractivity contribution is 0.0621. The fourth-order valence-corrected chi connectivity index (χ4v) is 1.47. The maximum atomic E-state index is 13.5. The van der Waals surface area contributed by atoms with Crippen LogP contribution in [0.15, 0.2) is 12.3 Å². The molecular formula is C12H16F2N2O3. The van der Waals surface area contributed by atoms with Gasteiger partial charge in [-0.1, -0.05) is 0 Å². The summed E-state index contributed by atoms with van der Waals surface area (Å²) < 4.78 is 36.3. The second-order valence-electron chi connectivity index (χ2n) is 3.74. The van der Waals surface area contributed by atoms with E-state index in [4.69, 9.17) is 9.47 Å². The number of halogens is 2. The Morgan fingerprint density at radius 2 is 1.84 bits per heavy atom. The Balaban J connectivity index is 2.87. The van der Waals surface area contributed by atoms with E-state index < -0.39 is 17.7 Å². The molecule has 0 aromatic carbocycles. The minimum absolute atomic E-state index is 0.266. The van der Waals surface area contributed by atoms with Gasteiger partial charge in [-0.05, 0) is 6.07 Å². The first kappa shape index (κ1) is 15.5. The molecular weight excluding hydrogens is 258 g/mol. The second kappa shape index (κ2) is 7.75. The molecule has 106 valence electrons. The number of carbonyl (C=O) groups is 1. The van der Waals surface area contributed by atoms with Crippen molar-refractivity contribution in [3.8, 4) is 0 Å². The van der Waals surface area contributed by atoms with E-state index in [-0.39, 0.29) is 18.7 Å². The maximum absolute atomic E-state index is 13.5. The molecule has 1 amide bonds. The van der Waals surface area contributed by atoms with Gasteiger partial charge in [0.1, 0.15) is 0 Å². The highest BCUT2D eigenvalue weighted by Gasteiger charge is 2.21. The fraction of sp³-hybridized carbons (Fsp3) is 0.500. The minimum atomic E-state index is -1.29. The third-order valence-electron chi connectivity index (χ3n) is 2.49. The summed E-state index contributed by atoms with van der Waals surface area (Å²) in [5, 5.41) is 0. The SMILES string of the molecule is COCCN(CCOC)C(=O)c1ccnc(F)c1F. The average Bonchev–Trinajstić information content (AvgIpc) is 2.41. The first-order valence-corrected chi connectivity index (χ1v) is 5.69. The zero-order valence-corrected chi connectivity index (χ0v) is 10.9. The van der Waals surface area contributed by atoms with Crippen LogP contribution >= 0.6 is 0 Å². The van der Waals surface area contributed by atoms with Crippen LogP contribution in [0.4, 0.5) is 8.78 Å². The van der Waals surface area contributed by atoms with Crippen LogP contribution in [0.1, 0.15) is 10.4 Å². The summed E-state index contributed by atoms with van der Waals surface area (Å²) in [7, 11) is 2.98. The lowest BCUT2D eigenvalue weighted by Crippen LogP contribution is -2.37. The number of hydrogen-bond acceptors (Lipinski definition) is 4. The lowest BCUT2D eigenvalue weighted by atomic mass is 10.2. The van der Waals surface area contributed by atoms with Crippen molar-refractivity contribution in [2.75, 3.05) is 40.5 Å². The van der Waals surface area contributed by atoms with Gasteiger partial charge in [-0.3, -0.25) is 4.79 Å². The molecule has 0 saturated carbocycles. The van der Waals surface area contributed by atoms with Crippen LogP contribution < -0.4 is 0 Å². The highest BCUT2D eigenvalue weighted by Crippen LogP contribution is 2.12. The Kier molecular flexibility index (Phi) is 6.31. The molecule has 1 aromatic heterocycles. The smallest absolute Gasteiger partial charge is 0.257 e. The number of nitrogens with zero attached hydrogens (tertiary/aromatic N) is 2. The molecule has 0 aliphatic heterocycles. The van der Waals surface area contributed by atoms with Gasteiger partial charge in [-0.15, -0.1) is 0 Å². The van der Waals surface area contributed by atoms with Crippen LogP contribution in [0.5, 0.6) is 0 Å². The van der Waals surface area contributed by atoms with E-state index in [0.717, 1.165) is 12.3 Å². The summed E-state index contributed by atoms with van der Waals surface area (Å²) in [6.07, 6.45) is 1.05. The second-order valence-corrected chi connectivity index (χ2v) is 3.74. The topological polar surface area (TPSA) is 51.7 Å². The molecule has 0 fully saturated rings. The van der Waals surface area contributed by atoms with Crippen molar-refractivity contribution in [3.05, 3.63) is 29.6 Å². The largest absolute Gasteiger partial charge is 0.383 e. The van der Waals surface area contributed by atoms with Crippen molar-refractivity contribution in [2.45, 2.75) is 0 Å². The number of pyridine rings is 1. The zero-order valence-electron chi connectivity index (χ0n) is 10.9. The summed E-state index contributed by atoms with van der Waals surface area (Å²) in [6.45, 7) is 1.12. The van der Waals surface area contributed by atoms with Gasteiger partial charge in [0, 0.05) is 33.5 Å². The van der Waals surface area contributed by atoms with Crippen molar-refractivity contribution >= 4 is 5.91 Å². The van der Waals surface area contributed by atoms with Gasteiger partial charge < -0.3 is 14.4 Å². The monoisotopic (exact) mass is 274 g/mol. The number of amides is 1. The van der Waals surface area contributed by atoms with Gasteiger partial charge in [0.25, 0.3) is 5.91 Å². The number of aromatic nitrogens is 1. The Morgan fingerprint density at radius 3 is 2.37 bits per heavy atom. The van der Waals surface area contributed by atoms with Gasteiger partial charge in [0.15, 0.2) is 5.82 Å². The normalized spacial score (nSPS) is 10.5. The van der Waals surface area contributed by atoms with Crippen LogP contribution in [-0.4, -0.2) is 56.3 Å². The van der Waals surface area contributed by atoms with Crippen molar-refractivity contribution in [1.82, 2.24) is 9.88 Å². The van der Waals surface area contributed by atoms with Gasteiger partial charge in [0.05, 0.1) is 18.8 Å². The predicted molar refractivity (Wildman–Crippen MR) is 63.8 cm³/mol. The average molecular weight is 274 g/mol. The highest BCUT2D eigenvalue weighted by atomic mass is 19.2. The first-order chi connectivity index (χ1) is 9.11. The summed E-state index contributed by atoms with van der Waals surface area (Å²) in [4.78, 5) is 16.6. The molecule has 0 N–H and O–H groups in total. The van der Waals surface area contributed by atoms with Crippen LogP contribution in [-0.2, 0) is 9.47 Å². The molecule has 1 heterocycles. The number of carbonyl (C=O) groups excluding carboxylic acids is 1. The molecule has 0 spiro atoms. The fourth-order valence-electron chi connectivity index (χ4n) is 1.47. The van der Waals surface area contributed by atoms with E-state index in [0.29, 0.717) is 13.2 Å². The molecule has 0 atom stereocenters. The van der Waals surface area contributed by atoms with E-state index in [1.807, 2.05) is 0 Å². The van der Waals surface area contributed by atoms with Crippen molar-refractivity contribution in [2.24, 2.45) is 0 Å².